The van der Waals surface area contributed by atoms with Crippen LogP contribution in [0.3, 0.4) is 0 Å². The molecular weight excluding hydrogens is 244 g/mol. The van der Waals surface area contributed by atoms with Crippen LogP contribution in [-0.2, 0) is 16.1 Å². The van der Waals surface area contributed by atoms with Crippen molar-refractivity contribution in [2.75, 3.05) is 13.2 Å². The number of nitrogens with two attached hydrogens (primary N) is 1. The van der Waals surface area contributed by atoms with E-state index in [1.165, 1.54) is 0 Å². The fourth-order valence-corrected chi connectivity index (χ4v) is 2.56. The number of hydrogen-bond donors (Lipinski definition) is 1. The van der Waals surface area contributed by atoms with Crippen LogP contribution in [0.5, 0.6) is 0 Å². The maximum absolute atomic E-state index is 12.8. The molecule has 1 aliphatic carbocycles. The van der Waals surface area contributed by atoms with E-state index in [9.17, 15) is 4.79 Å². The van der Waals surface area contributed by atoms with Crippen molar-refractivity contribution >= 4 is 5.91 Å². The summed E-state index contributed by atoms with van der Waals surface area (Å²) in [6, 6.07) is 3.85. The second-order valence-electron chi connectivity index (χ2n) is 5.78. The quantitative estimate of drug-likeness (QED) is 0.885. The smallest absolute Gasteiger partial charge is 0.233 e. The van der Waals surface area contributed by atoms with Gasteiger partial charge in [-0.15, -0.1) is 0 Å². The first-order chi connectivity index (χ1) is 9.11. The van der Waals surface area contributed by atoms with Gasteiger partial charge in [-0.05, 0) is 31.9 Å². The zero-order valence-electron chi connectivity index (χ0n) is 11.2. The molecule has 0 bridgehead atoms. The number of nitrogens with zero attached hydrogens (tertiary/aromatic N) is 1. The van der Waals surface area contributed by atoms with Crippen molar-refractivity contribution in [3.05, 3.63) is 24.2 Å². The molecule has 5 heteroatoms. The molecular formula is C14H20N2O3. The van der Waals surface area contributed by atoms with Gasteiger partial charge in [-0.2, -0.15) is 0 Å². The Bertz CT molecular complexity index is 455. The minimum atomic E-state index is -0.602. The highest BCUT2D eigenvalue weighted by Crippen LogP contribution is 2.36. The van der Waals surface area contributed by atoms with Crippen molar-refractivity contribution in [1.29, 1.82) is 0 Å². The summed E-state index contributed by atoms with van der Waals surface area (Å²) in [5.41, 5.74) is 5.45. The number of rotatable bonds is 4. The molecule has 1 amide bonds. The van der Waals surface area contributed by atoms with E-state index in [0.29, 0.717) is 25.8 Å². The maximum Gasteiger partial charge on any atom is 0.233 e. The van der Waals surface area contributed by atoms with E-state index in [2.05, 4.69) is 0 Å². The largest absolute Gasteiger partial charge is 0.467 e. The van der Waals surface area contributed by atoms with Crippen molar-refractivity contribution in [1.82, 2.24) is 4.90 Å². The van der Waals surface area contributed by atoms with E-state index in [1.54, 1.807) is 6.26 Å². The normalized spacial score (nSPS) is 30.5. The molecule has 3 rings (SSSR count). The second kappa shape index (κ2) is 4.65. The van der Waals surface area contributed by atoms with Crippen LogP contribution >= 0.6 is 0 Å². The van der Waals surface area contributed by atoms with Gasteiger partial charge in [-0.1, -0.05) is 0 Å². The molecule has 2 aliphatic rings. The Morgan fingerprint density at radius 2 is 2.37 bits per heavy atom. The third-order valence-corrected chi connectivity index (χ3v) is 4.16. The van der Waals surface area contributed by atoms with E-state index in [4.69, 9.17) is 14.9 Å². The molecule has 1 aromatic heterocycles. The molecule has 2 N–H and O–H groups in total. The number of ether oxygens (including phenoxy) is 1. The molecule has 1 aromatic rings. The molecule has 2 atom stereocenters. The number of carbonyl (C=O) groups excluding carboxylic acids is 1. The topological polar surface area (TPSA) is 68.7 Å². The van der Waals surface area contributed by atoms with E-state index >= 15 is 0 Å². The molecule has 19 heavy (non-hydrogen) atoms. The average molecular weight is 264 g/mol. The van der Waals surface area contributed by atoms with Crippen molar-refractivity contribution < 1.29 is 13.9 Å². The predicted octanol–water partition coefficient (Wildman–Crippen LogP) is 1.13. The average Bonchev–Trinajstić information content (AvgIpc) is 3.00. The summed E-state index contributed by atoms with van der Waals surface area (Å²) in [7, 11) is 0. The number of carbonyl (C=O) groups is 1. The van der Waals surface area contributed by atoms with E-state index in [1.807, 2.05) is 24.0 Å². The molecule has 1 aliphatic heterocycles. The standard InChI is InChI=1S/C14H20N2O3/c1-14(9-18-8-12(14)15)13(17)16(10-4-5-10)7-11-3-2-6-19-11/h2-3,6,10,12H,4-5,7-9,15H2,1H3. The van der Waals surface area contributed by atoms with Crippen LogP contribution in [0.25, 0.3) is 0 Å². The molecule has 0 spiro atoms. The number of amides is 1. The number of furan rings is 1. The first-order valence-electron chi connectivity index (χ1n) is 6.78. The lowest BCUT2D eigenvalue weighted by Crippen LogP contribution is -2.51. The van der Waals surface area contributed by atoms with Crippen molar-refractivity contribution in [2.24, 2.45) is 11.1 Å². The zero-order chi connectivity index (χ0) is 13.5. The first-order valence-corrected chi connectivity index (χ1v) is 6.78. The summed E-state index contributed by atoms with van der Waals surface area (Å²) >= 11 is 0. The van der Waals surface area contributed by atoms with Crippen LogP contribution in [0.1, 0.15) is 25.5 Å². The van der Waals surface area contributed by atoms with E-state index < -0.39 is 5.41 Å². The van der Waals surface area contributed by atoms with Gasteiger partial charge in [0.05, 0.1) is 31.4 Å². The van der Waals surface area contributed by atoms with Gasteiger partial charge in [-0.3, -0.25) is 4.79 Å². The van der Waals surface area contributed by atoms with Gasteiger partial charge in [0, 0.05) is 12.1 Å². The van der Waals surface area contributed by atoms with Gasteiger partial charge >= 0.3 is 0 Å². The van der Waals surface area contributed by atoms with Crippen LogP contribution in [0.15, 0.2) is 22.8 Å². The van der Waals surface area contributed by atoms with Crippen LogP contribution < -0.4 is 5.73 Å². The lowest BCUT2D eigenvalue weighted by molar-refractivity contribution is -0.143. The summed E-state index contributed by atoms with van der Waals surface area (Å²) in [4.78, 5) is 14.7. The zero-order valence-corrected chi connectivity index (χ0v) is 11.2. The maximum atomic E-state index is 12.8. The molecule has 2 fully saturated rings. The van der Waals surface area contributed by atoms with E-state index in [-0.39, 0.29) is 11.9 Å². The molecule has 0 aromatic carbocycles. The summed E-state index contributed by atoms with van der Waals surface area (Å²) in [5, 5.41) is 0. The monoisotopic (exact) mass is 264 g/mol. The minimum absolute atomic E-state index is 0.0939. The van der Waals surface area contributed by atoms with Crippen molar-refractivity contribution in [3.8, 4) is 0 Å². The summed E-state index contributed by atoms with van der Waals surface area (Å²) in [6.07, 6.45) is 3.77. The van der Waals surface area contributed by atoms with Gasteiger partial charge < -0.3 is 19.8 Å². The van der Waals surface area contributed by atoms with Gasteiger partial charge in [0.1, 0.15) is 5.76 Å². The Morgan fingerprint density at radius 3 is 2.89 bits per heavy atom. The van der Waals surface area contributed by atoms with Crippen molar-refractivity contribution in [3.63, 3.8) is 0 Å². The fraction of sp³-hybridized carbons (Fsp3) is 0.643. The lowest BCUT2D eigenvalue weighted by Gasteiger charge is -2.33. The lowest BCUT2D eigenvalue weighted by atomic mass is 9.84. The predicted molar refractivity (Wildman–Crippen MR) is 69.2 cm³/mol. The molecule has 2 heterocycles. The minimum Gasteiger partial charge on any atom is -0.467 e. The summed E-state index contributed by atoms with van der Waals surface area (Å²) in [5.74, 6) is 0.910. The molecule has 5 nitrogen and oxygen atoms in total. The highest BCUT2D eigenvalue weighted by Gasteiger charge is 2.49. The van der Waals surface area contributed by atoms with E-state index in [0.717, 1.165) is 18.6 Å². The molecule has 0 radical (unpaired) electrons. The molecule has 2 unspecified atom stereocenters. The van der Waals surface area contributed by atoms with Crippen LogP contribution in [0.4, 0.5) is 0 Å². The Hall–Kier alpha value is -1.33. The second-order valence-corrected chi connectivity index (χ2v) is 5.78. The summed E-state index contributed by atoms with van der Waals surface area (Å²) in [6.45, 7) is 3.30. The highest BCUT2D eigenvalue weighted by atomic mass is 16.5. The third-order valence-electron chi connectivity index (χ3n) is 4.16. The van der Waals surface area contributed by atoms with Gasteiger partial charge in [-0.25, -0.2) is 0 Å². The third kappa shape index (κ3) is 2.28. The Labute approximate surface area is 112 Å². The van der Waals surface area contributed by atoms with Crippen LogP contribution in [-0.4, -0.2) is 36.1 Å². The van der Waals surface area contributed by atoms with Gasteiger partial charge in [0.25, 0.3) is 0 Å². The fourth-order valence-electron chi connectivity index (χ4n) is 2.56. The van der Waals surface area contributed by atoms with Gasteiger partial charge in [0.2, 0.25) is 5.91 Å². The van der Waals surface area contributed by atoms with Crippen LogP contribution in [0.2, 0.25) is 0 Å². The Balaban J connectivity index is 1.78. The first kappa shape index (κ1) is 12.7. The van der Waals surface area contributed by atoms with Gasteiger partial charge in [0.15, 0.2) is 0 Å². The molecule has 1 saturated carbocycles. The molecule has 104 valence electrons. The van der Waals surface area contributed by atoms with Crippen molar-refractivity contribution in [2.45, 2.75) is 38.4 Å². The van der Waals surface area contributed by atoms with Crippen LogP contribution in [0, 0.1) is 5.41 Å². The number of hydrogen-bond acceptors (Lipinski definition) is 4. The Kier molecular flexibility index (Phi) is 3.11. The highest BCUT2D eigenvalue weighted by molar-refractivity contribution is 5.84. The summed E-state index contributed by atoms with van der Waals surface area (Å²) < 4.78 is 10.7. The molecule has 1 saturated heterocycles. The Morgan fingerprint density at radius 1 is 1.58 bits per heavy atom. The SMILES string of the molecule is CC1(C(=O)N(Cc2ccco2)C2CC2)COCC1N.